The quantitative estimate of drug-likeness (QED) is 0.703. The molecule has 3 N–H and O–H groups in total. The van der Waals surface area contributed by atoms with Crippen molar-refractivity contribution in [2.45, 2.75) is 49.3 Å². The molecule has 0 aromatic heterocycles. The molecular formula is C19H27N3O4S. The first kappa shape index (κ1) is 19.8. The van der Waals surface area contributed by atoms with Crippen LogP contribution < -0.4 is 16.0 Å². The average molecular weight is 394 g/mol. The predicted octanol–water partition coefficient (Wildman–Crippen LogP) is 1.46. The Morgan fingerprint density at radius 2 is 1.67 bits per heavy atom. The van der Waals surface area contributed by atoms with Gasteiger partial charge >= 0.3 is 0 Å². The lowest BCUT2D eigenvalue weighted by molar-refractivity contribution is -0.119. The summed E-state index contributed by atoms with van der Waals surface area (Å²) in [6.45, 7) is 0.974. The largest absolute Gasteiger partial charge is 0.349 e. The first-order valence-corrected chi connectivity index (χ1v) is 11.3. The summed E-state index contributed by atoms with van der Waals surface area (Å²) in [7, 11) is -3.56. The summed E-state index contributed by atoms with van der Waals surface area (Å²) in [5.74, 6) is -0.625. The number of nitrogens with one attached hydrogen (secondary N) is 3. The molecule has 0 spiro atoms. The van der Waals surface area contributed by atoms with E-state index in [1.807, 2.05) is 0 Å². The highest BCUT2D eigenvalue weighted by molar-refractivity contribution is 7.92. The average Bonchev–Trinajstić information content (AvgIpc) is 3.15. The van der Waals surface area contributed by atoms with Crippen LogP contribution in [0.15, 0.2) is 24.3 Å². The van der Waals surface area contributed by atoms with E-state index in [0.717, 1.165) is 31.9 Å². The summed E-state index contributed by atoms with van der Waals surface area (Å²) in [6.07, 6.45) is 5.94. The lowest BCUT2D eigenvalue weighted by Crippen LogP contribution is -2.55. The summed E-state index contributed by atoms with van der Waals surface area (Å²) in [5, 5.41) is 8.83. The Hall–Kier alpha value is -1.93. The van der Waals surface area contributed by atoms with Crippen molar-refractivity contribution in [3.63, 3.8) is 0 Å². The van der Waals surface area contributed by atoms with Crippen molar-refractivity contribution in [3.8, 4) is 0 Å². The highest BCUT2D eigenvalue weighted by atomic mass is 32.2. The second kappa shape index (κ2) is 7.98. The first-order chi connectivity index (χ1) is 12.8. The van der Waals surface area contributed by atoms with E-state index in [0.29, 0.717) is 24.3 Å². The van der Waals surface area contributed by atoms with Crippen LogP contribution in [-0.4, -0.2) is 50.4 Å². The predicted molar refractivity (Wildman–Crippen MR) is 104 cm³/mol. The van der Waals surface area contributed by atoms with Gasteiger partial charge in [-0.25, -0.2) is 8.42 Å². The molecule has 1 aromatic carbocycles. The van der Waals surface area contributed by atoms with Crippen molar-refractivity contribution < 1.29 is 18.0 Å². The Bertz CT molecular complexity index is 793. The second-order valence-electron chi connectivity index (χ2n) is 7.50. The molecule has 0 bridgehead atoms. The summed E-state index contributed by atoms with van der Waals surface area (Å²) >= 11 is 0. The van der Waals surface area contributed by atoms with Gasteiger partial charge in [-0.1, -0.05) is 12.8 Å². The molecule has 27 heavy (non-hydrogen) atoms. The molecule has 1 aromatic rings. The number of hydrogen-bond acceptors (Lipinski definition) is 5. The van der Waals surface area contributed by atoms with Gasteiger partial charge in [-0.05, 0) is 63.0 Å². The van der Waals surface area contributed by atoms with Crippen molar-refractivity contribution in [1.82, 2.24) is 10.6 Å². The van der Waals surface area contributed by atoms with Crippen LogP contribution in [0, 0.1) is 0 Å². The van der Waals surface area contributed by atoms with Crippen LogP contribution in [0.1, 0.15) is 48.9 Å². The monoisotopic (exact) mass is 393 g/mol. The van der Waals surface area contributed by atoms with Crippen molar-refractivity contribution in [2.75, 3.05) is 24.7 Å². The fourth-order valence-electron chi connectivity index (χ4n) is 3.89. The highest BCUT2D eigenvalue weighted by Crippen LogP contribution is 2.29. The molecule has 0 radical (unpaired) electrons. The highest BCUT2D eigenvalue weighted by Gasteiger charge is 2.48. The molecule has 0 atom stereocenters. The number of carbonyl (C=O) groups is 2. The van der Waals surface area contributed by atoms with E-state index in [9.17, 15) is 18.0 Å². The Morgan fingerprint density at radius 1 is 1.07 bits per heavy atom. The maximum Gasteiger partial charge on any atom is 0.251 e. The molecule has 8 heteroatoms. The molecule has 7 nitrogen and oxygen atoms in total. The van der Waals surface area contributed by atoms with E-state index in [2.05, 4.69) is 16.0 Å². The zero-order valence-corrected chi connectivity index (χ0v) is 16.4. The topological polar surface area (TPSA) is 104 Å². The molecule has 148 valence electrons. The van der Waals surface area contributed by atoms with Gasteiger partial charge in [-0.15, -0.1) is 0 Å². The van der Waals surface area contributed by atoms with Gasteiger partial charge in [0.1, 0.15) is 0 Å². The fourth-order valence-corrected chi connectivity index (χ4v) is 5.22. The van der Waals surface area contributed by atoms with Crippen LogP contribution in [0.2, 0.25) is 0 Å². The molecule has 1 saturated heterocycles. The van der Waals surface area contributed by atoms with E-state index in [-0.39, 0.29) is 24.8 Å². The standard InChI is InChI=1S/C19H27N3O4S/c1-27(25,26)19(10-12-20-13-11-19)18(24)22-16-8-6-14(7-9-16)17(23)21-15-4-2-3-5-15/h6-9,15,20H,2-5,10-13H2,1H3,(H,21,23)(H,22,24). The third-order valence-corrected chi connectivity index (χ3v) is 7.64. The minimum atomic E-state index is -3.56. The maximum absolute atomic E-state index is 12.8. The number of rotatable bonds is 5. The molecule has 1 aliphatic carbocycles. The van der Waals surface area contributed by atoms with Crippen LogP contribution in [-0.2, 0) is 14.6 Å². The maximum atomic E-state index is 12.8. The SMILES string of the molecule is CS(=O)(=O)C1(C(=O)Nc2ccc(C(=O)NC3CCCC3)cc2)CCNCC1. The van der Waals surface area contributed by atoms with Crippen LogP contribution in [0.4, 0.5) is 5.69 Å². The Balaban J connectivity index is 1.68. The number of benzene rings is 1. The number of sulfone groups is 1. The van der Waals surface area contributed by atoms with Crippen LogP contribution in [0.3, 0.4) is 0 Å². The van der Waals surface area contributed by atoms with Crippen LogP contribution in [0.5, 0.6) is 0 Å². The summed E-state index contributed by atoms with van der Waals surface area (Å²) < 4.78 is 23.2. The molecular weight excluding hydrogens is 366 g/mol. The van der Waals surface area contributed by atoms with E-state index in [1.165, 1.54) is 0 Å². The summed E-state index contributed by atoms with van der Waals surface area (Å²) in [4.78, 5) is 25.1. The van der Waals surface area contributed by atoms with Gasteiger partial charge in [-0.2, -0.15) is 0 Å². The number of anilines is 1. The van der Waals surface area contributed by atoms with E-state index in [4.69, 9.17) is 0 Å². The van der Waals surface area contributed by atoms with Crippen LogP contribution in [0.25, 0.3) is 0 Å². The third-order valence-electron chi connectivity index (χ3n) is 5.63. The lowest BCUT2D eigenvalue weighted by Gasteiger charge is -2.34. The van der Waals surface area contributed by atoms with Crippen molar-refractivity contribution in [1.29, 1.82) is 0 Å². The Labute approximate surface area is 160 Å². The van der Waals surface area contributed by atoms with Crippen molar-refractivity contribution >= 4 is 27.3 Å². The number of piperidine rings is 1. The fraction of sp³-hybridized carbons (Fsp3) is 0.579. The van der Waals surface area contributed by atoms with Gasteiger partial charge in [0.15, 0.2) is 14.6 Å². The molecule has 1 saturated carbocycles. The van der Waals surface area contributed by atoms with E-state index < -0.39 is 20.5 Å². The first-order valence-electron chi connectivity index (χ1n) is 9.44. The minimum absolute atomic E-state index is 0.120. The van der Waals surface area contributed by atoms with Crippen molar-refractivity contribution in [3.05, 3.63) is 29.8 Å². The van der Waals surface area contributed by atoms with Gasteiger partial charge in [-0.3, -0.25) is 9.59 Å². The Morgan fingerprint density at radius 3 is 2.22 bits per heavy atom. The van der Waals surface area contributed by atoms with Gasteiger partial charge in [0.05, 0.1) is 0 Å². The zero-order valence-electron chi connectivity index (χ0n) is 15.6. The Kier molecular flexibility index (Phi) is 5.86. The van der Waals surface area contributed by atoms with Gasteiger partial charge in [0.25, 0.3) is 5.91 Å². The smallest absolute Gasteiger partial charge is 0.251 e. The van der Waals surface area contributed by atoms with Gasteiger partial charge in [0.2, 0.25) is 5.91 Å². The molecule has 1 heterocycles. The van der Waals surface area contributed by atoms with Gasteiger partial charge in [0, 0.05) is 23.5 Å². The third kappa shape index (κ3) is 4.32. The van der Waals surface area contributed by atoms with Crippen LogP contribution >= 0.6 is 0 Å². The summed E-state index contributed by atoms with van der Waals surface area (Å²) in [6, 6.07) is 6.81. The van der Waals surface area contributed by atoms with E-state index in [1.54, 1.807) is 24.3 Å². The molecule has 2 fully saturated rings. The van der Waals surface area contributed by atoms with Gasteiger partial charge < -0.3 is 16.0 Å². The number of carbonyl (C=O) groups excluding carboxylic acids is 2. The number of amides is 2. The lowest BCUT2D eigenvalue weighted by atomic mass is 9.95. The molecule has 3 rings (SSSR count). The van der Waals surface area contributed by atoms with Crippen molar-refractivity contribution in [2.24, 2.45) is 0 Å². The second-order valence-corrected chi connectivity index (χ2v) is 9.83. The molecule has 0 unspecified atom stereocenters. The zero-order chi connectivity index (χ0) is 19.5. The molecule has 1 aliphatic heterocycles. The van der Waals surface area contributed by atoms with E-state index >= 15 is 0 Å². The summed E-state index contributed by atoms with van der Waals surface area (Å²) in [5.41, 5.74) is 1.01. The number of hydrogen-bond donors (Lipinski definition) is 3. The molecule has 2 amide bonds. The molecule has 2 aliphatic rings. The normalized spacial score (nSPS) is 20.2. The minimum Gasteiger partial charge on any atom is -0.349 e.